The Morgan fingerprint density at radius 2 is 1.81 bits per heavy atom. The number of rotatable bonds is 5. The van der Waals surface area contributed by atoms with E-state index < -0.39 is 8.32 Å². The van der Waals surface area contributed by atoms with Crippen molar-refractivity contribution in [3.05, 3.63) is 54.1 Å². The van der Waals surface area contributed by atoms with Gasteiger partial charge in [-0.25, -0.2) is 4.98 Å². The highest BCUT2D eigenvalue weighted by atomic mass is 28.4. The molecule has 1 aromatic carbocycles. The van der Waals surface area contributed by atoms with Crippen molar-refractivity contribution in [2.45, 2.75) is 52.1 Å². The first-order chi connectivity index (χ1) is 9.79. The second-order valence-electron chi connectivity index (χ2n) is 7.05. The lowest BCUT2D eigenvalue weighted by molar-refractivity contribution is 0.267. The molecule has 21 heavy (non-hydrogen) atoms. The van der Waals surface area contributed by atoms with Gasteiger partial charge < -0.3 is 8.99 Å². The third-order valence-electron chi connectivity index (χ3n) is 4.38. The van der Waals surface area contributed by atoms with E-state index in [2.05, 4.69) is 67.7 Å². The minimum atomic E-state index is -1.72. The van der Waals surface area contributed by atoms with Crippen LogP contribution in [-0.2, 0) is 17.6 Å². The predicted molar refractivity (Wildman–Crippen MR) is 89.8 cm³/mol. The van der Waals surface area contributed by atoms with Gasteiger partial charge in [-0.15, -0.1) is 0 Å². The van der Waals surface area contributed by atoms with E-state index >= 15 is 0 Å². The molecule has 114 valence electrons. The summed E-state index contributed by atoms with van der Waals surface area (Å²) in [4.78, 5) is 4.28. The average Bonchev–Trinajstić information content (AvgIpc) is 2.84. The smallest absolute Gasteiger partial charge is 0.192 e. The molecule has 0 spiro atoms. The molecule has 3 nitrogen and oxygen atoms in total. The van der Waals surface area contributed by atoms with Crippen molar-refractivity contribution in [2.24, 2.45) is 0 Å². The largest absolute Gasteiger partial charge is 0.411 e. The van der Waals surface area contributed by atoms with Crippen LogP contribution in [0.5, 0.6) is 0 Å². The van der Waals surface area contributed by atoms with Gasteiger partial charge >= 0.3 is 0 Å². The van der Waals surface area contributed by atoms with E-state index in [-0.39, 0.29) is 5.04 Å². The molecule has 2 aromatic rings. The first-order valence-electron chi connectivity index (χ1n) is 7.46. The van der Waals surface area contributed by atoms with Crippen LogP contribution >= 0.6 is 0 Å². The maximum Gasteiger partial charge on any atom is 0.192 e. The third kappa shape index (κ3) is 4.05. The lowest BCUT2D eigenvalue weighted by atomic mass is 10.2. The average molecular weight is 302 g/mol. The molecule has 0 fully saturated rings. The number of imidazole rings is 1. The quantitative estimate of drug-likeness (QED) is 0.763. The second kappa shape index (κ2) is 6.16. The summed E-state index contributed by atoms with van der Waals surface area (Å²) in [5, 5.41) is 0.233. The van der Waals surface area contributed by atoms with Gasteiger partial charge in [-0.1, -0.05) is 51.1 Å². The van der Waals surface area contributed by atoms with Crippen LogP contribution in [0, 0.1) is 0 Å². The van der Waals surface area contributed by atoms with E-state index in [0.29, 0.717) is 6.61 Å². The molecule has 1 aromatic heterocycles. The van der Waals surface area contributed by atoms with Gasteiger partial charge in [0.2, 0.25) is 0 Å². The molecule has 0 aliphatic heterocycles. The van der Waals surface area contributed by atoms with Gasteiger partial charge in [-0.2, -0.15) is 0 Å². The SMILES string of the molecule is CC(C)(C)[Si](C)(C)OCc1cncn1Cc1ccccc1. The van der Waals surface area contributed by atoms with Crippen molar-refractivity contribution in [3.63, 3.8) is 0 Å². The molecule has 0 saturated carbocycles. The topological polar surface area (TPSA) is 27.1 Å². The van der Waals surface area contributed by atoms with Gasteiger partial charge in [0, 0.05) is 6.54 Å². The molecule has 0 radical (unpaired) electrons. The van der Waals surface area contributed by atoms with E-state index in [9.17, 15) is 0 Å². The van der Waals surface area contributed by atoms with Crippen LogP contribution in [0.4, 0.5) is 0 Å². The first kappa shape index (κ1) is 16.0. The Labute approximate surface area is 129 Å². The summed E-state index contributed by atoms with van der Waals surface area (Å²) in [6.45, 7) is 12.8. The molecule has 0 N–H and O–H groups in total. The van der Waals surface area contributed by atoms with Crippen LogP contribution in [0.25, 0.3) is 0 Å². The van der Waals surface area contributed by atoms with E-state index in [1.165, 1.54) is 5.56 Å². The van der Waals surface area contributed by atoms with E-state index in [4.69, 9.17) is 4.43 Å². The van der Waals surface area contributed by atoms with Crippen LogP contribution < -0.4 is 0 Å². The van der Waals surface area contributed by atoms with Gasteiger partial charge in [0.1, 0.15) is 0 Å². The number of hydrogen-bond acceptors (Lipinski definition) is 2. The molecule has 0 atom stereocenters. The van der Waals surface area contributed by atoms with Crippen LogP contribution in [0.2, 0.25) is 18.1 Å². The molecule has 0 aliphatic carbocycles. The zero-order chi connectivity index (χ0) is 15.5. The number of nitrogens with zero attached hydrogens (tertiary/aromatic N) is 2. The van der Waals surface area contributed by atoms with E-state index in [1.54, 1.807) is 0 Å². The Morgan fingerprint density at radius 3 is 2.43 bits per heavy atom. The summed E-state index contributed by atoms with van der Waals surface area (Å²) in [5.41, 5.74) is 2.42. The summed E-state index contributed by atoms with van der Waals surface area (Å²) in [6, 6.07) is 10.5. The predicted octanol–water partition coefficient (Wildman–Crippen LogP) is 4.45. The zero-order valence-corrected chi connectivity index (χ0v) is 14.8. The van der Waals surface area contributed by atoms with Gasteiger partial charge in [0.15, 0.2) is 8.32 Å². The Hall–Kier alpha value is -1.39. The standard InChI is InChI=1S/C17H26N2OSi/c1-17(2,3)21(4,5)20-13-16-11-18-14-19(16)12-15-9-7-6-8-10-15/h6-11,14H,12-13H2,1-5H3. The monoisotopic (exact) mass is 302 g/mol. The summed E-state index contributed by atoms with van der Waals surface area (Å²) in [5.74, 6) is 0. The number of aromatic nitrogens is 2. The molecule has 0 amide bonds. The van der Waals surface area contributed by atoms with Crippen molar-refractivity contribution in [2.75, 3.05) is 0 Å². The highest BCUT2D eigenvalue weighted by Gasteiger charge is 2.37. The minimum absolute atomic E-state index is 0.233. The van der Waals surface area contributed by atoms with Crippen LogP contribution in [-0.4, -0.2) is 17.9 Å². The summed E-state index contributed by atoms with van der Waals surface area (Å²) in [7, 11) is -1.72. The van der Waals surface area contributed by atoms with Gasteiger partial charge in [0.25, 0.3) is 0 Å². The fraction of sp³-hybridized carbons (Fsp3) is 0.471. The van der Waals surface area contributed by atoms with Crippen molar-refractivity contribution < 1.29 is 4.43 Å². The highest BCUT2D eigenvalue weighted by molar-refractivity contribution is 6.74. The maximum absolute atomic E-state index is 6.29. The number of benzene rings is 1. The Balaban J connectivity index is 2.05. The van der Waals surface area contributed by atoms with E-state index in [1.807, 2.05) is 18.6 Å². The lowest BCUT2D eigenvalue weighted by Crippen LogP contribution is -2.40. The second-order valence-corrected chi connectivity index (χ2v) is 11.9. The molecule has 4 heteroatoms. The number of hydrogen-bond donors (Lipinski definition) is 0. The van der Waals surface area contributed by atoms with Crippen LogP contribution in [0.3, 0.4) is 0 Å². The normalized spacial score (nSPS) is 12.6. The summed E-state index contributed by atoms with van der Waals surface area (Å²) in [6.07, 6.45) is 3.80. The van der Waals surface area contributed by atoms with Crippen LogP contribution in [0.1, 0.15) is 32.0 Å². The van der Waals surface area contributed by atoms with Crippen molar-refractivity contribution >= 4 is 8.32 Å². The van der Waals surface area contributed by atoms with Crippen LogP contribution in [0.15, 0.2) is 42.9 Å². The highest BCUT2D eigenvalue weighted by Crippen LogP contribution is 2.37. The van der Waals surface area contributed by atoms with Gasteiger partial charge in [-0.05, 0) is 23.7 Å². The minimum Gasteiger partial charge on any atom is -0.411 e. The molecule has 0 saturated heterocycles. The molecular weight excluding hydrogens is 276 g/mol. The first-order valence-corrected chi connectivity index (χ1v) is 10.4. The van der Waals surface area contributed by atoms with Gasteiger partial charge in [-0.3, -0.25) is 0 Å². The zero-order valence-electron chi connectivity index (χ0n) is 13.8. The summed E-state index contributed by atoms with van der Waals surface area (Å²) < 4.78 is 8.46. The molecule has 1 heterocycles. The van der Waals surface area contributed by atoms with E-state index in [0.717, 1.165) is 12.2 Å². The fourth-order valence-electron chi connectivity index (χ4n) is 1.86. The lowest BCUT2D eigenvalue weighted by Gasteiger charge is -2.36. The molecule has 0 aliphatic rings. The molecule has 0 unspecified atom stereocenters. The summed E-state index contributed by atoms with van der Waals surface area (Å²) >= 11 is 0. The third-order valence-corrected chi connectivity index (χ3v) is 8.86. The molecule has 0 bridgehead atoms. The Kier molecular flexibility index (Phi) is 4.69. The van der Waals surface area contributed by atoms with Gasteiger partial charge in [0.05, 0.1) is 24.8 Å². The maximum atomic E-state index is 6.29. The Morgan fingerprint density at radius 1 is 1.14 bits per heavy atom. The molecular formula is C17H26N2OSi. The van der Waals surface area contributed by atoms with Crippen molar-refractivity contribution in [1.29, 1.82) is 0 Å². The fourth-order valence-corrected chi connectivity index (χ4v) is 2.80. The van der Waals surface area contributed by atoms with Crippen molar-refractivity contribution in [3.8, 4) is 0 Å². The van der Waals surface area contributed by atoms with Crippen molar-refractivity contribution in [1.82, 2.24) is 9.55 Å². The molecule has 2 rings (SSSR count). The Bertz CT molecular complexity index is 570.